The lowest BCUT2D eigenvalue weighted by molar-refractivity contribution is -0.149. The van der Waals surface area contributed by atoms with Crippen LogP contribution < -0.4 is 5.32 Å². The van der Waals surface area contributed by atoms with Crippen molar-refractivity contribution in [3.63, 3.8) is 0 Å². The molecule has 5 nitrogen and oxygen atoms in total. The summed E-state index contributed by atoms with van der Waals surface area (Å²) >= 11 is 3.45. The van der Waals surface area contributed by atoms with Gasteiger partial charge in [-0.1, -0.05) is 58.4 Å². The van der Waals surface area contributed by atoms with Crippen molar-refractivity contribution in [1.29, 1.82) is 0 Å². The normalized spacial score (nSPS) is 17.2. The number of nitrogens with zero attached hydrogens (tertiary/aromatic N) is 1. The minimum absolute atomic E-state index is 0.0423. The van der Waals surface area contributed by atoms with Gasteiger partial charge in [-0.25, -0.2) is 0 Å². The first-order valence-electron chi connectivity index (χ1n) is 8.58. The highest BCUT2D eigenvalue weighted by Crippen LogP contribution is 2.16. The Labute approximate surface area is 161 Å². The Morgan fingerprint density at radius 3 is 2.69 bits per heavy atom. The van der Waals surface area contributed by atoms with Crippen LogP contribution in [0.25, 0.3) is 0 Å². The second-order valence-electron chi connectivity index (χ2n) is 6.25. The molecular weight excluding hydrogens is 396 g/mol. The van der Waals surface area contributed by atoms with Crippen molar-refractivity contribution in [3.8, 4) is 0 Å². The van der Waals surface area contributed by atoms with Crippen LogP contribution in [0, 0.1) is 0 Å². The van der Waals surface area contributed by atoms with Crippen LogP contribution in [0.1, 0.15) is 17.5 Å². The Kier molecular flexibility index (Phi) is 6.41. The molecule has 0 spiro atoms. The molecule has 0 aliphatic carbocycles. The SMILES string of the molecule is O=C(CC1NCCN(Cc2cccc(Br)c2)C1=O)OCc1ccccc1. The summed E-state index contributed by atoms with van der Waals surface area (Å²) in [6.07, 6.45) is 0.0423. The number of halogens is 1. The van der Waals surface area contributed by atoms with Gasteiger partial charge < -0.3 is 15.0 Å². The number of piperazine rings is 1. The van der Waals surface area contributed by atoms with Crippen LogP contribution in [0.3, 0.4) is 0 Å². The summed E-state index contributed by atoms with van der Waals surface area (Å²) in [4.78, 5) is 26.6. The molecular formula is C20H21BrN2O3. The number of esters is 1. The van der Waals surface area contributed by atoms with E-state index in [2.05, 4.69) is 21.2 Å². The Bertz CT molecular complexity index is 767. The number of amides is 1. The molecule has 136 valence electrons. The standard InChI is InChI=1S/C20H21BrN2O3/c21-17-8-4-7-16(11-17)13-23-10-9-22-18(20(23)25)12-19(24)26-14-15-5-2-1-3-6-15/h1-8,11,18,22H,9-10,12-14H2. The fourth-order valence-electron chi connectivity index (χ4n) is 2.93. The molecule has 1 unspecified atom stereocenters. The minimum atomic E-state index is -0.529. The van der Waals surface area contributed by atoms with E-state index >= 15 is 0 Å². The van der Waals surface area contributed by atoms with Crippen LogP contribution in [-0.4, -0.2) is 35.9 Å². The molecule has 26 heavy (non-hydrogen) atoms. The van der Waals surface area contributed by atoms with E-state index in [1.165, 1.54) is 0 Å². The highest BCUT2D eigenvalue weighted by atomic mass is 79.9. The van der Waals surface area contributed by atoms with E-state index in [-0.39, 0.29) is 24.9 Å². The van der Waals surface area contributed by atoms with Crippen LogP contribution >= 0.6 is 15.9 Å². The van der Waals surface area contributed by atoms with Crippen LogP contribution in [0.5, 0.6) is 0 Å². The van der Waals surface area contributed by atoms with Crippen molar-refractivity contribution in [3.05, 3.63) is 70.2 Å². The molecule has 2 aromatic carbocycles. The molecule has 0 bridgehead atoms. The number of carbonyl (C=O) groups excluding carboxylic acids is 2. The summed E-state index contributed by atoms with van der Waals surface area (Å²) in [7, 11) is 0. The predicted octanol–water partition coefficient (Wildman–Crippen LogP) is 2.88. The molecule has 0 saturated carbocycles. The van der Waals surface area contributed by atoms with Crippen molar-refractivity contribution in [1.82, 2.24) is 10.2 Å². The topological polar surface area (TPSA) is 58.6 Å². The first-order valence-corrected chi connectivity index (χ1v) is 9.37. The fourth-order valence-corrected chi connectivity index (χ4v) is 3.37. The maximum Gasteiger partial charge on any atom is 0.308 e. The molecule has 1 aliphatic heterocycles. The van der Waals surface area contributed by atoms with Gasteiger partial charge in [0.15, 0.2) is 0 Å². The van der Waals surface area contributed by atoms with Gasteiger partial charge in [-0.2, -0.15) is 0 Å². The molecule has 1 atom stereocenters. The van der Waals surface area contributed by atoms with Crippen molar-refractivity contribution in [2.45, 2.75) is 25.6 Å². The maximum atomic E-state index is 12.7. The van der Waals surface area contributed by atoms with Crippen LogP contribution in [0.4, 0.5) is 0 Å². The second-order valence-corrected chi connectivity index (χ2v) is 7.16. The minimum Gasteiger partial charge on any atom is -0.461 e. The van der Waals surface area contributed by atoms with Crippen molar-refractivity contribution in [2.75, 3.05) is 13.1 Å². The molecule has 1 fully saturated rings. The van der Waals surface area contributed by atoms with Crippen molar-refractivity contribution >= 4 is 27.8 Å². The molecule has 6 heteroatoms. The molecule has 1 N–H and O–H groups in total. The molecule has 1 heterocycles. The van der Waals surface area contributed by atoms with Gasteiger partial charge in [0.2, 0.25) is 5.91 Å². The number of carbonyl (C=O) groups is 2. The number of benzene rings is 2. The van der Waals surface area contributed by atoms with E-state index in [1.54, 1.807) is 4.90 Å². The molecule has 3 rings (SSSR count). The van der Waals surface area contributed by atoms with Gasteiger partial charge in [0, 0.05) is 24.1 Å². The average molecular weight is 417 g/mol. The largest absolute Gasteiger partial charge is 0.461 e. The Balaban J connectivity index is 1.53. The molecule has 2 aromatic rings. The van der Waals surface area contributed by atoms with Gasteiger partial charge in [0.25, 0.3) is 0 Å². The van der Waals surface area contributed by atoms with Crippen LogP contribution in [0.15, 0.2) is 59.1 Å². The summed E-state index contributed by atoms with van der Waals surface area (Å²) in [6, 6.07) is 16.9. The monoisotopic (exact) mass is 416 g/mol. The summed E-state index contributed by atoms with van der Waals surface area (Å²) < 4.78 is 6.28. The first kappa shape index (κ1) is 18.6. The molecule has 1 aliphatic rings. The van der Waals surface area contributed by atoms with E-state index in [0.29, 0.717) is 19.6 Å². The Morgan fingerprint density at radius 2 is 1.92 bits per heavy atom. The summed E-state index contributed by atoms with van der Waals surface area (Å²) in [5.74, 6) is -0.433. The Hall–Kier alpha value is -2.18. The Morgan fingerprint density at radius 1 is 1.15 bits per heavy atom. The number of hydrogen-bond donors (Lipinski definition) is 1. The number of nitrogens with one attached hydrogen (secondary N) is 1. The fraction of sp³-hybridized carbons (Fsp3) is 0.300. The molecule has 0 radical (unpaired) electrons. The van der Waals surface area contributed by atoms with E-state index in [1.807, 2.05) is 54.6 Å². The third kappa shape index (κ3) is 5.16. The van der Waals surface area contributed by atoms with Gasteiger partial charge in [-0.05, 0) is 23.3 Å². The van der Waals surface area contributed by atoms with Gasteiger partial charge >= 0.3 is 5.97 Å². The number of ether oxygens (including phenoxy) is 1. The van der Waals surface area contributed by atoms with Crippen molar-refractivity contribution in [2.24, 2.45) is 0 Å². The summed E-state index contributed by atoms with van der Waals surface area (Å²) in [5, 5.41) is 3.12. The van der Waals surface area contributed by atoms with Crippen LogP contribution in [0.2, 0.25) is 0 Å². The quantitative estimate of drug-likeness (QED) is 0.735. The first-order chi connectivity index (χ1) is 12.6. The molecule has 1 amide bonds. The van der Waals surface area contributed by atoms with Crippen LogP contribution in [-0.2, 0) is 27.5 Å². The summed E-state index contributed by atoms with van der Waals surface area (Å²) in [5.41, 5.74) is 1.99. The van der Waals surface area contributed by atoms with E-state index < -0.39 is 6.04 Å². The lowest BCUT2D eigenvalue weighted by atomic mass is 10.1. The summed E-state index contributed by atoms with van der Waals surface area (Å²) in [6.45, 7) is 2.05. The lowest BCUT2D eigenvalue weighted by Gasteiger charge is -2.33. The number of rotatable bonds is 6. The third-order valence-electron chi connectivity index (χ3n) is 4.26. The van der Waals surface area contributed by atoms with Crippen molar-refractivity contribution < 1.29 is 14.3 Å². The maximum absolute atomic E-state index is 12.7. The van der Waals surface area contributed by atoms with Gasteiger partial charge in [0.05, 0.1) is 12.5 Å². The zero-order valence-electron chi connectivity index (χ0n) is 14.4. The second kappa shape index (κ2) is 8.96. The highest BCUT2D eigenvalue weighted by molar-refractivity contribution is 9.10. The number of hydrogen-bond acceptors (Lipinski definition) is 4. The molecule has 0 aromatic heterocycles. The van der Waals surface area contributed by atoms with Gasteiger partial charge in [-0.3, -0.25) is 9.59 Å². The van der Waals surface area contributed by atoms with E-state index in [0.717, 1.165) is 15.6 Å². The zero-order chi connectivity index (χ0) is 18.4. The third-order valence-corrected chi connectivity index (χ3v) is 4.75. The average Bonchev–Trinajstić information content (AvgIpc) is 2.64. The van der Waals surface area contributed by atoms with Gasteiger partial charge in [0.1, 0.15) is 6.61 Å². The van der Waals surface area contributed by atoms with E-state index in [9.17, 15) is 9.59 Å². The lowest BCUT2D eigenvalue weighted by Crippen LogP contribution is -2.55. The highest BCUT2D eigenvalue weighted by Gasteiger charge is 2.30. The zero-order valence-corrected chi connectivity index (χ0v) is 15.9. The molecule has 1 saturated heterocycles. The smallest absolute Gasteiger partial charge is 0.308 e. The van der Waals surface area contributed by atoms with E-state index in [4.69, 9.17) is 4.74 Å². The predicted molar refractivity (Wildman–Crippen MR) is 102 cm³/mol. The van der Waals surface area contributed by atoms with Gasteiger partial charge in [-0.15, -0.1) is 0 Å².